The summed E-state index contributed by atoms with van der Waals surface area (Å²) in [6.45, 7) is 3.14. The highest BCUT2D eigenvalue weighted by atomic mass is 19.1. The van der Waals surface area contributed by atoms with Gasteiger partial charge in [-0.3, -0.25) is 14.8 Å². The fourth-order valence-electron chi connectivity index (χ4n) is 3.83. The molecule has 5 nitrogen and oxygen atoms in total. The van der Waals surface area contributed by atoms with E-state index in [1.54, 1.807) is 24.4 Å². The minimum absolute atomic E-state index is 0.0978. The molecule has 1 aliphatic rings. The number of aromatic nitrogens is 2. The molecule has 1 fully saturated rings. The Morgan fingerprint density at radius 1 is 1.28 bits per heavy atom. The lowest BCUT2D eigenvalue weighted by Gasteiger charge is -2.34. The molecule has 1 amide bonds. The maximum Gasteiger partial charge on any atom is 0.263 e. The first-order valence-corrected chi connectivity index (χ1v) is 10.1. The predicted molar refractivity (Wildman–Crippen MR) is 109 cm³/mol. The number of carbonyl (C=O) groups excluding carboxylic acids is 1. The van der Waals surface area contributed by atoms with Crippen molar-refractivity contribution < 1.29 is 13.9 Å². The summed E-state index contributed by atoms with van der Waals surface area (Å²) in [4.78, 5) is 23.9. The lowest BCUT2D eigenvalue weighted by Crippen LogP contribution is -2.46. The van der Waals surface area contributed by atoms with E-state index in [1.165, 1.54) is 6.07 Å². The summed E-state index contributed by atoms with van der Waals surface area (Å²) in [6, 6.07) is 12.1. The Hall–Kier alpha value is -3.02. The van der Waals surface area contributed by atoms with Crippen molar-refractivity contribution in [3.8, 4) is 5.75 Å². The van der Waals surface area contributed by atoms with Gasteiger partial charge in [0.2, 0.25) is 0 Å². The molecule has 0 aliphatic carbocycles. The SMILES string of the molecule is CCC(Oc1ccccc1F)C(=O)N1CCCC(c2cc3ncccc3cn2)C1. The summed E-state index contributed by atoms with van der Waals surface area (Å²) < 4.78 is 19.7. The Morgan fingerprint density at radius 3 is 2.97 bits per heavy atom. The summed E-state index contributed by atoms with van der Waals surface area (Å²) in [5.41, 5.74) is 1.87. The third kappa shape index (κ3) is 4.21. The second kappa shape index (κ2) is 8.55. The average molecular weight is 393 g/mol. The summed E-state index contributed by atoms with van der Waals surface area (Å²) >= 11 is 0. The monoisotopic (exact) mass is 393 g/mol. The smallest absolute Gasteiger partial charge is 0.263 e. The average Bonchev–Trinajstić information content (AvgIpc) is 2.78. The van der Waals surface area contributed by atoms with E-state index in [9.17, 15) is 9.18 Å². The number of ether oxygens (including phenoxy) is 1. The Labute approximate surface area is 169 Å². The van der Waals surface area contributed by atoms with Crippen molar-refractivity contribution in [3.63, 3.8) is 0 Å². The largest absolute Gasteiger partial charge is 0.478 e. The highest BCUT2D eigenvalue weighted by Crippen LogP contribution is 2.28. The first-order valence-electron chi connectivity index (χ1n) is 10.1. The molecule has 0 saturated carbocycles. The number of pyridine rings is 2. The molecule has 2 atom stereocenters. The van der Waals surface area contributed by atoms with Gasteiger partial charge in [-0.15, -0.1) is 0 Å². The molecule has 6 heteroatoms. The maximum absolute atomic E-state index is 13.9. The minimum atomic E-state index is -0.697. The standard InChI is InChI=1S/C23H24FN3O2/c1-2-21(29-22-10-4-3-9-18(22)24)23(28)27-12-6-8-17(15-27)20-13-19-16(14-26-20)7-5-11-25-19/h3-5,7,9-11,13-14,17,21H,2,6,8,12,15H2,1H3. The summed E-state index contributed by atoms with van der Waals surface area (Å²) in [6.07, 6.45) is 5.27. The van der Waals surface area contributed by atoms with Gasteiger partial charge in [0, 0.05) is 42.5 Å². The van der Waals surface area contributed by atoms with Crippen LogP contribution in [0.5, 0.6) is 5.75 Å². The minimum Gasteiger partial charge on any atom is -0.478 e. The Balaban J connectivity index is 1.49. The number of hydrogen-bond acceptors (Lipinski definition) is 4. The Kier molecular flexibility index (Phi) is 5.69. The van der Waals surface area contributed by atoms with Crippen LogP contribution < -0.4 is 4.74 Å². The van der Waals surface area contributed by atoms with Crippen molar-refractivity contribution >= 4 is 16.8 Å². The quantitative estimate of drug-likeness (QED) is 0.647. The fraction of sp³-hybridized carbons (Fsp3) is 0.348. The summed E-state index contributed by atoms with van der Waals surface area (Å²) in [5.74, 6) is -0.281. The molecule has 0 radical (unpaired) electrons. The van der Waals surface area contributed by atoms with Gasteiger partial charge in [0.25, 0.3) is 5.91 Å². The van der Waals surface area contributed by atoms with Gasteiger partial charge in [-0.25, -0.2) is 4.39 Å². The van der Waals surface area contributed by atoms with Crippen molar-refractivity contribution in [2.45, 2.75) is 38.2 Å². The fourth-order valence-corrected chi connectivity index (χ4v) is 3.83. The van der Waals surface area contributed by atoms with Crippen LogP contribution in [0.3, 0.4) is 0 Å². The van der Waals surface area contributed by atoms with Crippen LogP contribution in [-0.2, 0) is 4.79 Å². The van der Waals surface area contributed by atoms with Crippen LogP contribution in [0, 0.1) is 5.82 Å². The first kappa shape index (κ1) is 19.3. The van der Waals surface area contributed by atoms with Gasteiger partial charge in [0.15, 0.2) is 17.7 Å². The molecule has 1 aromatic carbocycles. The van der Waals surface area contributed by atoms with E-state index in [-0.39, 0.29) is 17.6 Å². The van der Waals surface area contributed by atoms with Crippen LogP contribution in [0.1, 0.15) is 37.8 Å². The number of fused-ring (bicyclic) bond motifs is 1. The molecule has 0 N–H and O–H groups in total. The van der Waals surface area contributed by atoms with E-state index >= 15 is 0 Å². The summed E-state index contributed by atoms with van der Waals surface area (Å²) in [5, 5.41) is 1.00. The van der Waals surface area contributed by atoms with Crippen molar-refractivity contribution in [1.82, 2.24) is 14.9 Å². The van der Waals surface area contributed by atoms with Gasteiger partial charge >= 0.3 is 0 Å². The molecule has 2 unspecified atom stereocenters. The van der Waals surface area contributed by atoms with Gasteiger partial charge in [-0.1, -0.05) is 19.1 Å². The maximum atomic E-state index is 13.9. The van der Waals surface area contributed by atoms with Crippen LogP contribution in [0.25, 0.3) is 10.9 Å². The van der Waals surface area contributed by atoms with Gasteiger partial charge in [0.05, 0.1) is 5.52 Å². The van der Waals surface area contributed by atoms with Crippen LogP contribution in [-0.4, -0.2) is 40.0 Å². The molecule has 4 rings (SSSR count). The van der Waals surface area contributed by atoms with Gasteiger partial charge in [-0.2, -0.15) is 0 Å². The number of rotatable bonds is 5. The van der Waals surface area contributed by atoms with Gasteiger partial charge in [0.1, 0.15) is 0 Å². The van der Waals surface area contributed by atoms with Gasteiger partial charge < -0.3 is 9.64 Å². The van der Waals surface area contributed by atoms with Crippen LogP contribution in [0.15, 0.2) is 54.9 Å². The van der Waals surface area contributed by atoms with Crippen LogP contribution in [0.4, 0.5) is 4.39 Å². The molecule has 29 heavy (non-hydrogen) atoms. The van der Waals surface area contributed by atoms with E-state index in [0.29, 0.717) is 19.5 Å². The number of hydrogen-bond donors (Lipinski definition) is 0. The molecule has 150 valence electrons. The van der Waals surface area contributed by atoms with E-state index in [0.717, 1.165) is 29.4 Å². The molecule has 1 aliphatic heterocycles. The number of carbonyl (C=O) groups is 1. The zero-order chi connectivity index (χ0) is 20.2. The number of piperidine rings is 1. The van der Waals surface area contributed by atoms with E-state index in [2.05, 4.69) is 9.97 Å². The Bertz CT molecular complexity index is 1010. The third-order valence-corrected chi connectivity index (χ3v) is 5.41. The van der Waals surface area contributed by atoms with Crippen molar-refractivity contribution in [2.75, 3.05) is 13.1 Å². The zero-order valence-electron chi connectivity index (χ0n) is 16.4. The number of halogens is 1. The lowest BCUT2D eigenvalue weighted by atomic mass is 9.93. The predicted octanol–water partition coefficient (Wildman–Crippen LogP) is 4.33. The molecular weight excluding hydrogens is 369 g/mol. The Morgan fingerprint density at radius 2 is 2.14 bits per heavy atom. The van der Waals surface area contributed by atoms with E-state index in [1.807, 2.05) is 36.2 Å². The molecule has 2 aromatic heterocycles. The second-order valence-corrected chi connectivity index (χ2v) is 7.37. The molecule has 1 saturated heterocycles. The number of amides is 1. The lowest BCUT2D eigenvalue weighted by molar-refractivity contribution is -0.140. The zero-order valence-corrected chi connectivity index (χ0v) is 16.4. The molecule has 0 bridgehead atoms. The van der Waals surface area contributed by atoms with Crippen LogP contribution in [0.2, 0.25) is 0 Å². The van der Waals surface area contributed by atoms with Crippen molar-refractivity contribution in [3.05, 3.63) is 66.4 Å². The molecule has 3 heterocycles. The topological polar surface area (TPSA) is 55.3 Å². The number of likely N-dealkylation sites (tertiary alicyclic amines) is 1. The normalized spacial score (nSPS) is 17.9. The number of benzene rings is 1. The first-order chi connectivity index (χ1) is 14.2. The van der Waals surface area contributed by atoms with Crippen molar-refractivity contribution in [1.29, 1.82) is 0 Å². The van der Waals surface area contributed by atoms with Gasteiger partial charge in [-0.05, 0) is 49.6 Å². The molecule has 0 spiro atoms. The molecule has 3 aromatic rings. The van der Waals surface area contributed by atoms with Crippen LogP contribution >= 0.6 is 0 Å². The number of para-hydroxylation sites is 1. The highest BCUT2D eigenvalue weighted by Gasteiger charge is 2.31. The number of nitrogens with zero attached hydrogens (tertiary/aromatic N) is 3. The summed E-state index contributed by atoms with van der Waals surface area (Å²) in [7, 11) is 0. The second-order valence-electron chi connectivity index (χ2n) is 7.37. The molecular formula is C23H24FN3O2. The van der Waals surface area contributed by atoms with Crippen molar-refractivity contribution in [2.24, 2.45) is 0 Å². The van der Waals surface area contributed by atoms with E-state index in [4.69, 9.17) is 4.74 Å². The van der Waals surface area contributed by atoms with E-state index < -0.39 is 11.9 Å². The third-order valence-electron chi connectivity index (χ3n) is 5.41. The highest BCUT2D eigenvalue weighted by molar-refractivity contribution is 5.81.